The fourth-order valence-electron chi connectivity index (χ4n) is 1.38. The highest BCUT2D eigenvalue weighted by Crippen LogP contribution is 2.30. The number of hydrogen-bond acceptors (Lipinski definition) is 4. The SMILES string of the molecule is CC(C)(O)C(C)(C)NC(=O)c1cc2sccc2s1. The second-order valence-corrected chi connectivity index (χ2v) is 7.43. The standard InChI is InChI=1S/C13H17NO2S2/c1-12(2,13(3,4)16)14-11(15)10-7-9-8(18-10)5-6-17-9/h5-7,16H,1-4H3,(H,14,15). The van der Waals surface area contributed by atoms with Gasteiger partial charge in [0.25, 0.3) is 5.91 Å². The lowest BCUT2D eigenvalue weighted by atomic mass is 9.86. The molecule has 0 atom stereocenters. The molecule has 0 aliphatic rings. The van der Waals surface area contributed by atoms with E-state index in [0.717, 1.165) is 9.40 Å². The number of thiophene rings is 2. The van der Waals surface area contributed by atoms with E-state index in [4.69, 9.17) is 0 Å². The Morgan fingerprint density at radius 1 is 1.28 bits per heavy atom. The largest absolute Gasteiger partial charge is 0.388 e. The van der Waals surface area contributed by atoms with Crippen LogP contribution in [-0.2, 0) is 0 Å². The van der Waals surface area contributed by atoms with E-state index >= 15 is 0 Å². The Balaban J connectivity index is 2.20. The molecule has 1 amide bonds. The van der Waals surface area contributed by atoms with Gasteiger partial charge in [-0.15, -0.1) is 22.7 Å². The van der Waals surface area contributed by atoms with Gasteiger partial charge in [0.05, 0.1) is 16.0 Å². The molecule has 0 spiro atoms. The van der Waals surface area contributed by atoms with Crippen LogP contribution in [0.3, 0.4) is 0 Å². The van der Waals surface area contributed by atoms with Crippen molar-refractivity contribution in [2.24, 2.45) is 0 Å². The molecule has 0 saturated carbocycles. The van der Waals surface area contributed by atoms with E-state index < -0.39 is 11.1 Å². The number of carbonyl (C=O) groups is 1. The van der Waals surface area contributed by atoms with Crippen LogP contribution in [0.25, 0.3) is 9.40 Å². The molecule has 0 radical (unpaired) electrons. The third kappa shape index (κ3) is 2.43. The highest BCUT2D eigenvalue weighted by atomic mass is 32.1. The van der Waals surface area contributed by atoms with Crippen molar-refractivity contribution in [2.75, 3.05) is 0 Å². The van der Waals surface area contributed by atoms with E-state index in [9.17, 15) is 9.90 Å². The lowest BCUT2D eigenvalue weighted by Gasteiger charge is -2.37. The van der Waals surface area contributed by atoms with Crippen molar-refractivity contribution in [3.05, 3.63) is 22.4 Å². The summed E-state index contributed by atoms with van der Waals surface area (Å²) in [4.78, 5) is 12.9. The van der Waals surface area contributed by atoms with Gasteiger partial charge in [-0.3, -0.25) is 4.79 Å². The van der Waals surface area contributed by atoms with Crippen molar-refractivity contribution in [1.29, 1.82) is 0 Å². The first-order chi connectivity index (χ1) is 8.21. The van der Waals surface area contributed by atoms with Gasteiger partial charge in [-0.2, -0.15) is 0 Å². The third-order valence-corrected chi connectivity index (χ3v) is 5.41. The van der Waals surface area contributed by atoms with E-state index in [2.05, 4.69) is 5.32 Å². The maximum Gasteiger partial charge on any atom is 0.261 e. The zero-order valence-electron chi connectivity index (χ0n) is 10.9. The summed E-state index contributed by atoms with van der Waals surface area (Å²) in [6.45, 7) is 7.03. The fraction of sp³-hybridized carbons (Fsp3) is 0.462. The van der Waals surface area contributed by atoms with Crippen LogP contribution in [0.15, 0.2) is 17.5 Å². The third-order valence-electron chi connectivity index (χ3n) is 3.32. The Hall–Kier alpha value is -0.910. The van der Waals surface area contributed by atoms with Crippen LogP contribution in [0.1, 0.15) is 37.4 Å². The minimum Gasteiger partial charge on any atom is -0.388 e. The van der Waals surface area contributed by atoms with Crippen LogP contribution >= 0.6 is 22.7 Å². The average Bonchev–Trinajstić information content (AvgIpc) is 2.72. The maximum atomic E-state index is 12.2. The average molecular weight is 283 g/mol. The number of rotatable bonds is 3. The van der Waals surface area contributed by atoms with E-state index in [1.165, 1.54) is 11.3 Å². The van der Waals surface area contributed by atoms with Crippen LogP contribution in [0.2, 0.25) is 0 Å². The molecule has 2 heterocycles. The van der Waals surface area contributed by atoms with Crippen LogP contribution in [0, 0.1) is 0 Å². The lowest BCUT2D eigenvalue weighted by molar-refractivity contribution is -0.00284. The molecule has 2 N–H and O–H groups in total. The summed E-state index contributed by atoms with van der Waals surface area (Å²) in [5.74, 6) is -0.129. The predicted molar refractivity (Wildman–Crippen MR) is 77.5 cm³/mol. The van der Waals surface area contributed by atoms with E-state index in [-0.39, 0.29) is 5.91 Å². The molecule has 0 aromatic carbocycles. The van der Waals surface area contributed by atoms with Crippen molar-refractivity contribution in [2.45, 2.75) is 38.8 Å². The fourth-order valence-corrected chi connectivity index (χ4v) is 3.38. The second kappa shape index (κ2) is 4.33. The van der Waals surface area contributed by atoms with E-state index in [1.54, 1.807) is 25.2 Å². The first kappa shape index (κ1) is 13.5. The summed E-state index contributed by atoms with van der Waals surface area (Å²) in [5, 5.41) is 14.9. The molecule has 5 heteroatoms. The van der Waals surface area contributed by atoms with Crippen LogP contribution in [0.5, 0.6) is 0 Å². The van der Waals surface area contributed by atoms with Crippen LogP contribution in [-0.4, -0.2) is 22.2 Å². The van der Waals surface area contributed by atoms with Crippen molar-refractivity contribution in [3.8, 4) is 0 Å². The second-order valence-electron chi connectivity index (χ2n) is 5.40. The molecule has 2 aromatic heterocycles. The quantitative estimate of drug-likeness (QED) is 0.908. The van der Waals surface area contributed by atoms with Crippen LogP contribution in [0.4, 0.5) is 0 Å². The lowest BCUT2D eigenvalue weighted by Crippen LogP contribution is -2.57. The van der Waals surface area contributed by atoms with Gasteiger partial charge in [0.2, 0.25) is 0 Å². The van der Waals surface area contributed by atoms with E-state index in [1.807, 2.05) is 31.4 Å². The van der Waals surface area contributed by atoms with Gasteiger partial charge in [0.15, 0.2) is 0 Å². The summed E-state index contributed by atoms with van der Waals surface area (Å²) in [5.41, 5.74) is -1.65. The molecule has 98 valence electrons. The highest BCUT2D eigenvalue weighted by molar-refractivity contribution is 7.27. The Bertz CT molecular complexity index is 547. The molecule has 0 bridgehead atoms. The van der Waals surface area contributed by atoms with Gasteiger partial charge in [-0.1, -0.05) is 0 Å². The normalized spacial score (nSPS) is 12.9. The molecule has 0 fully saturated rings. The van der Waals surface area contributed by atoms with Gasteiger partial charge in [-0.05, 0) is 45.2 Å². The number of aliphatic hydroxyl groups is 1. The van der Waals surface area contributed by atoms with Crippen molar-refractivity contribution >= 4 is 38.0 Å². The summed E-state index contributed by atoms with van der Waals surface area (Å²) >= 11 is 3.11. The van der Waals surface area contributed by atoms with Crippen molar-refractivity contribution in [1.82, 2.24) is 5.32 Å². The molecular weight excluding hydrogens is 266 g/mol. The zero-order chi connectivity index (χ0) is 13.6. The Labute approximate surface area is 114 Å². The maximum absolute atomic E-state index is 12.2. The summed E-state index contributed by atoms with van der Waals surface area (Å²) in [7, 11) is 0. The van der Waals surface area contributed by atoms with Gasteiger partial charge in [0.1, 0.15) is 0 Å². The smallest absolute Gasteiger partial charge is 0.261 e. The molecule has 2 aromatic rings. The highest BCUT2D eigenvalue weighted by Gasteiger charge is 2.36. The topological polar surface area (TPSA) is 49.3 Å². The number of nitrogens with one attached hydrogen (secondary N) is 1. The molecule has 0 unspecified atom stereocenters. The van der Waals surface area contributed by atoms with Gasteiger partial charge < -0.3 is 10.4 Å². The number of hydrogen-bond donors (Lipinski definition) is 2. The first-order valence-electron chi connectivity index (χ1n) is 5.73. The molecule has 0 aliphatic heterocycles. The van der Waals surface area contributed by atoms with Gasteiger partial charge >= 0.3 is 0 Å². The molecular formula is C13H17NO2S2. The van der Waals surface area contributed by atoms with Gasteiger partial charge in [0, 0.05) is 9.40 Å². The minimum atomic E-state index is -0.975. The summed E-state index contributed by atoms with van der Waals surface area (Å²) in [6.07, 6.45) is 0. The van der Waals surface area contributed by atoms with Gasteiger partial charge in [-0.25, -0.2) is 0 Å². The van der Waals surface area contributed by atoms with E-state index in [0.29, 0.717) is 4.88 Å². The Morgan fingerprint density at radius 3 is 2.50 bits per heavy atom. The van der Waals surface area contributed by atoms with Crippen molar-refractivity contribution < 1.29 is 9.90 Å². The Kier molecular flexibility index (Phi) is 3.25. The van der Waals surface area contributed by atoms with Crippen LogP contribution < -0.4 is 5.32 Å². The molecule has 0 aliphatic carbocycles. The van der Waals surface area contributed by atoms with Crippen molar-refractivity contribution in [3.63, 3.8) is 0 Å². The zero-order valence-corrected chi connectivity index (χ0v) is 12.5. The minimum absolute atomic E-state index is 0.129. The molecule has 3 nitrogen and oxygen atoms in total. The number of carbonyl (C=O) groups excluding carboxylic acids is 1. The number of amides is 1. The number of fused-ring (bicyclic) bond motifs is 1. The summed E-state index contributed by atoms with van der Waals surface area (Å²) < 4.78 is 2.26. The monoisotopic (exact) mass is 283 g/mol. The molecule has 0 saturated heterocycles. The predicted octanol–water partition coefficient (Wildman–Crippen LogP) is 3.24. The molecule has 18 heavy (non-hydrogen) atoms. The first-order valence-corrected chi connectivity index (χ1v) is 7.42. The molecule has 2 rings (SSSR count). The summed E-state index contributed by atoms with van der Waals surface area (Å²) in [6, 6.07) is 3.92. The Morgan fingerprint density at radius 2 is 1.94 bits per heavy atom.